The van der Waals surface area contributed by atoms with Gasteiger partial charge in [-0.3, -0.25) is 0 Å². The normalized spacial score (nSPS) is 14.3. The Labute approximate surface area is 179 Å². The number of amides is 1. The van der Waals surface area contributed by atoms with Crippen molar-refractivity contribution in [2.24, 2.45) is 0 Å². The molecule has 0 saturated carbocycles. The van der Waals surface area contributed by atoms with E-state index >= 15 is 0 Å². The number of aryl methyl sites for hydroxylation is 1. The minimum atomic E-state index is -0.852. The predicted octanol–water partition coefficient (Wildman–Crippen LogP) is 3.83. The second-order valence-corrected chi connectivity index (χ2v) is 9.25. The summed E-state index contributed by atoms with van der Waals surface area (Å²) in [6.45, 7) is 5.25. The Kier molecular flexibility index (Phi) is 6.75. The fourth-order valence-electron chi connectivity index (χ4n) is 3.45. The van der Waals surface area contributed by atoms with Crippen LogP contribution in [0.3, 0.4) is 0 Å². The van der Waals surface area contributed by atoms with Crippen LogP contribution in [0.2, 0.25) is 0 Å². The highest BCUT2D eigenvalue weighted by Gasteiger charge is 2.26. The van der Waals surface area contributed by atoms with E-state index in [9.17, 15) is 14.4 Å². The molecular formula is C22H27NO6S. The van der Waals surface area contributed by atoms with Crippen LogP contribution in [-0.2, 0) is 22.4 Å². The summed E-state index contributed by atoms with van der Waals surface area (Å²) in [7, 11) is 0. The van der Waals surface area contributed by atoms with Crippen molar-refractivity contribution in [1.29, 1.82) is 0 Å². The van der Waals surface area contributed by atoms with Crippen LogP contribution in [0, 0.1) is 0 Å². The van der Waals surface area contributed by atoms with Gasteiger partial charge in [-0.25, -0.2) is 14.4 Å². The Morgan fingerprint density at radius 2 is 1.97 bits per heavy atom. The van der Waals surface area contributed by atoms with Crippen LogP contribution in [-0.4, -0.2) is 35.7 Å². The highest BCUT2D eigenvalue weighted by atomic mass is 32.2. The van der Waals surface area contributed by atoms with Crippen molar-refractivity contribution in [3.63, 3.8) is 0 Å². The highest BCUT2D eigenvalue weighted by Crippen LogP contribution is 2.29. The van der Waals surface area contributed by atoms with E-state index in [1.807, 2.05) is 12.3 Å². The lowest BCUT2D eigenvalue weighted by Gasteiger charge is -2.22. The molecule has 1 heterocycles. The largest absolute Gasteiger partial charge is 0.444 e. The Hall–Kier alpha value is -2.48. The van der Waals surface area contributed by atoms with Crippen LogP contribution in [0.15, 0.2) is 27.4 Å². The van der Waals surface area contributed by atoms with Crippen molar-refractivity contribution >= 4 is 34.8 Å². The van der Waals surface area contributed by atoms with Gasteiger partial charge in [-0.05, 0) is 76.2 Å². The molecule has 0 saturated heterocycles. The van der Waals surface area contributed by atoms with Gasteiger partial charge in [0, 0.05) is 17.0 Å². The molecule has 1 aliphatic carbocycles. The molecule has 1 amide bonds. The molecule has 162 valence electrons. The Balaban J connectivity index is 1.77. The molecule has 0 radical (unpaired) electrons. The molecule has 0 bridgehead atoms. The van der Waals surface area contributed by atoms with Gasteiger partial charge in [-0.1, -0.05) is 0 Å². The maximum atomic E-state index is 12.7. The van der Waals surface area contributed by atoms with Gasteiger partial charge in [0.1, 0.15) is 23.0 Å². The fraction of sp³-hybridized carbons (Fsp3) is 0.500. The van der Waals surface area contributed by atoms with Crippen molar-refractivity contribution in [2.45, 2.75) is 58.1 Å². The second-order valence-electron chi connectivity index (χ2n) is 8.26. The number of hydrogen-bond acceptors (Lipinski definition) is 7. The summed E-state index contributed by atoms with van der Waals surface area (Å²) in [5.41, 5.74) is 1.15. The number of carbonyl (C=O) groups excluding carboxylic acids is 2. The van der Waals surface area contributed by atoms with E-state index in [1.54, 1.807) is 44.7 Å². The van der Waals surface area contributed by atoms with Crippen molar-refractivity contribution < 1.29 is 23.5 Å². The van der Waals surface area contributed by atoms with E-state index in [4.69, 9.17) is 13.9 Å². The molecule has 1 N–H and O–H groups in total. The number of hydrogen-bond donors (Lipinski definition) is 1. The Morgan fingerprint density at radius 3 is 2.67 bits per heavy atom. The smallest absolute Gasteiger partial charge is 0.408 e. The molecule has 30 heavy (non-hydrogen) atoms. The summed E-state index contributed by atoms with van der Waals surface area (Å²) < 4.78 is 16.2. The van der Waals surface area contributed by atoms with E-state index in [-0.39, 0.29) is 11.4 Å². The number of thioether (sulfide) groups is 1. The maximum Gasteiger partial charge on any atom is 0.408 e. The lowest BCUT2D eigenvalue weighted by Crippen LogP contribution is -2.45. The molecule has 0 spiro atoms. The monoisotopic (exact) mass is 433 g/mol. The zero-order chi connectivity index (χ0) is 21.9. The average Bonchev–Trinajstić information content (AvgIpc) is 3.14. The summed E-state index contributed by atoms with van der Waals surface area (Å²) in [6, 6.07) is 4.18. The highest BCUT2D eigenvalue weighted by molar-refractivity contribution is 7.98. The maximum absolute atomic E-state index is 12.7. The van der Waals surface area contributed by atoms with Gasteiger partial charge < -0.3 is 19.2 Å². The second kappa shape index (κ2) is 9.12. The molecule has 0 fully saturated rings. The van der Waals surface area contributed by atoms with Crippen molar-refractivity contribution in [1.82, 2.24) is 5.32 Å². The van der Waals surface area contributed by atoms with E-state index < -0.39 is 23.7 Å². The molecule has 0 unspecified atom stereocenters. The Bertz CT molecular complexity index is 1010. The van der Waals surface area contributed by atoms with Gasteiger partial charge in [-0.15, -0.1) is 0 Å². The average molecular weight is 434 g/mol. The number of nitrogens with one attached hydrogen (secondary N) is 1. The lowest BCUT2D eigenvalue weighted by molar-refractivity contribution is -0.136. The first-order valence-corrected chi connectivity index (χ1v) is 11.4. The summed E-state index contributed by atoms with van der Waals surface area (Å²) in [5.74, 6) is 0.320. The quantitative estimate of drug-likeness (QED) is 0.420. The topological polar surface area (TPSA) is 94.8 Å². The number of alkyl carbamates (subject to hydrolysis) is 1. The van der Waals surface area contributed by atoms with E-state index in [1.165, 1.54) is 0 Å². The van der Waals surface area contributed by atoms with Gasteiger partial charge in [0.05, 0.1) is 0 Å². The van der Waals surface area contributed by atoms with Crippen molar-refractivity contribution in [3.8, 4) is 5.75 Å². The number of fused-ring (bicyclic) bond motifs is 3. The van der Waals surface area contributed by atoms with Gasteiger partial charge in [0.15, 0.2) is 0 Å². The number of carbonyl (C=O) groups is 2. The van der Waals surface area contributed by atoms with Gasteiger partial charge >= 0.3 is 17.7 Å². The van der Waals surface area contributed by atoms with Gasteiger partial charge in [-0.2, -0.15) is 11.8 Å². The molecule has 2 aromatic rings. The third-order valence-electron chi connectivity index (χ3n) is 4.75. The molecule has 3 rings (SSSR count). The first-order valence-electron chi connectivity index (χ1n) is 9.96. The van der Waals surface area contributed by atoms with Crippen LogP contribution in [0.1, 0.15) is 44.7 Å². The number of esters is 1. The van der Waals surface area contributed by atoms with Crippen LogP contribution in [0.5, 0.6) is 5.75 Å². The zero-order valence-corrected chi connectivity index (χ0v) is 18.5. The van der Waals surface area contributed by atoms with E-state index in [0.717, 1.165) is 35.8 Å². The molecule has 1 aromatic heterocycles. The zero-order valence-electron chi connectivity index (χ0n) is 17.7. The number of rotatable bonds is 6. The molecule has 1 aromatic carbocycles. The Morgan fingerprint density at radius 1 is 1.23 bits per heavy atom. The first-order chi connectivity index (χ1) is 14.2. The first kappa shape index (κ1) is 22.2. The van der Waals surface area contributed by atoms with E-state index in [0.29, 0.717) is 17.8 Å². The van der Waals surface area contributed by atoms with Crippen LogP contribution in [0.4, 0.5) is 4.79 Å². The SMILES string of the molecule is CSCC[C@@H](NC(=O)OC(C)(C)C)C(=O)Oc1ccc2c3c(c(=O)oc2c1)CCC3. The molecule has 8 heteroatoms. The summed E-state index contributed by atoms with van der Waals surface area (Å²) >= 11 is 1.56. The molecule has 1 atom stereocenters. The predicted molar refractivity (Wildman–Crippen MR) is 116 cm³/mol. The third-order valence-corrected chi connectivity index (χ3v) is 5.39. The van der Waals surface area contributed by atoms with Gasteiger partial charge in [0.25, 0.3) is 0 Å². The van der Waals surface area contributed by atoms with Crippen LogP contribution >= 0.6 is 11.8 Å². The summed E-state index contributed by atoms with van der Waals surface area (Å²) in [6.07, 6.45) is 4.15. The fourth-order valence-corrected chi connectivity index (χ4v) is 3.92. The van der Waals surface area contributed by atoms with Crippen molar-refractivity contribution in [3.05, 3.63) is 39.7 Å². The molecular weight excluding hydrogens is 406 g/mol. The minimum Gasteiger partial charge on any atom is -0.444 e. The summed E-state index contributed by atoms with van der Waals surface area (Å²) in [4.78, 5) is 37.0. The minimum absolute atomic E-state index is 0.258. The third kappa shape index (κ3) is 5.36. The standard InChI is InChI=1S/C22H27NO6S/c1-22(2,3)29-21(26)23-17(10-11-30-4)20(25)27-13-8-9-15-14-6-5-7-16(14)19(24)28-18(15)12-13/h8-9,12,17H,5-7,10-11H2,1-4H3,(H,23,26)/t17-/m1/s1. The molecule has 0 aliphatic heterocycles. The number of benzene rings is 1. The van der Waals surface area contributed by atoms with Gasteiger partial charge in [0.2, 0.25) is 0 Å². The summed E-state index contributed by atoms with van der Waals surface area (Å²) in [5, 5.41) is 3.45. The number of ether oxygens (including phenoxy) is 2. The molecule has 1 aliphatic rings. The molecule has 7 nitrogen and oxygen atoms in total. The van der Waals surface area contributed by atoms with Crippen LogP contribution in [0.25, 0.3) is 11.0 Å². The lowest BCUT2D eigenvalue weighted by atomic mass is 10.1. The van der Waals surface area contributed by atoms with Crippen molar-refractivity contribution in [2.75, 3.05) is 12.0 Å². The van der Waals surface area contributed by atoms with Crippen LogP contribution < -0.4 is 15.7 Å². The van der Waals surface area contributed by atoms with E-state index in [2.05, 4.69) is 5.32 Å².